The summed E-state index contributed by atoms with van der Waals surface area (Å²) < 4.78 is 65.3. The van der Waals surface area contributed by atoms with Gasteiger partial charge in [-0.1, -0.05) is 13.8 Å². The molecule has 4 nitrogen and oxygen atoms in total. The first-order valence-electron chi connectivity index (χ1n) is 6.37. The van der Waals surface area contributed by atoms with E-state index in [9.17, 15) is 31.5 Å². The van der Waals surface area contributed by atoms with Crippen LogP contribution in [0.4, 0.5) is 22.0 Å². The average molecular weight is 319 g/mol. The third-order valence-corrected chi connectivity index (χ3v) is 2.44. The van der Waals surface area contributed by atoms with Crippen molar-refractivity contribution in [3.8, 4) is 0 Å². The molecular weight excluding hydrogens is 301 g/mol. The van der Waals surface area contributed by atoms with Crippen LogP contribution in [0.1, 0.15) is 33.1 Å². The Bertz CT molecular complexity index is 355. The molecule has 9 heteroatoms. The highest BCUT2D eigenvalue weighted by Crippen LogP contribution is 2.35. The first-order chi connectivity index (χ1) is 9.48. The van der Waals surface area contributed by atoms with Gasteiger partial charge in [-0.15, -0.1) is 0 Å². The zero-order valence-corrected chi connectivity index (χ0v) is 11.7. The van der Waals surface area contributed by atoms with Crippen molar-refractivity contribution in [1.82, 2.24) is 5.32 Å². The summed E-state index contributed by atoms with van der Waals surface area (Å²) in [6, 6.07) is 0. The van der Waals surface area contributed by atoms with Crippen molar-refractivity contribution in [2.75, 3.05) is 13.2 Å². The lowest BCUT2D eigenvalue weighted by Crippen LogP contribution is -2.50. The SMILES string of the molecule is CC(C)CCCOC(=O)CCNC(=O)C(F)(F)C(F)(F)F. The molecule has 0 aromatic heterocycles. The zero-order valence-electron chi connectivity index (χ0n) is 11.7. The van der Waals surface area contributed by atoms with Crippen molar-refractivity contribution >= 4 is 11.9 Å². The summed E-state index contributed by atoms with van der Waals surface area (Å²) in [5.41, 5.74) is 0. The summed E-state index contributed by atoms with van der Waals surface area (Å²) in [7, 11) is 0. The van der Waals surface area contributed by atoms with E-state index in [-0.39, 0.29) is 6.61 Å². The number of carbonyl (C=O) groups is 2. The van der Waals surface area contributed by atoms with Crippen LogP contribution in [0, 0.1) is 5.92 Å². The number of halogens is 5. The lowest BCUT2D eigenvalue weighted by molar-refractivity contribution is -0.269. The van der Waals surface area contributed by atoms with Gasteiger partial charge in [-0.3, -0.25) is 9.59 Å². The van der Waals surface area contributed by atoms with E-state index in [0.29, 0.717) is 12.3 Å². The number of amides is 1. The second-order valence-electron chi connectivity index (χ2n) is 4.83. The third kappa shape index (κ3) is 7.24. The number of nitrogens with one attached hydrogen (secondary N) is 1. The molecule has 0 radical (unpaired) electrons. The Morgan fingerprint density at radius 2 is 1.71 bits per heavy atom. The third-order valence-electron chi connectivity index (χ3n) is 2.44. The van der Waals surface area contributed by atoms with Crippen LogP contribution in [0.2, 0.25) is 0 Å². The van der Waals surface area contributed by atoms with Gasteiger partial charge in [-0.25, -0.2) is 0 Å². The number of esters is 1. The molecule has 0 unspecified atom stereocenters. The second kappa shape index (κ2) is 8.14. The Labute approximate surface area is 119 Å². The molecule has 0 aliphatic heterocycles. The van der Waals surface area contributed by atoms with Crippen molar-refractivity contribution in [3.05, 3.63) is 0 Å². The van der Waals surface area contributed by atoms with E-state index in [2.05, 4.69) is 0 Å². The topological polar surface area (TPSA) is 55.4 Å². The van der Waals surface area contributed by atoms with Gasteiger partial charge in [0.15, 0.2) is 0 Å². The Kier molecular flexibility index (Phi) is 7.59. The van der Waals surface area contributed by atoms with E-state index in [0.717, 1.165) is 6.42 Å². The summed E-state index contributed by atoms with van der Waals surface area (Å²) in [6.45, 7) is 3.47. The van der Waals surface area contributed by atoms with E-state index in [1.807, 2.05) is 13.8 Å². The minimum Gasteiger partial charge on any atom is -0.466 e. The molecule has 124 valence electrons. The molecule has 0 aromatic carbocycles. The van der Waals surface area contributed by atoms with Crippen LogP contribution in [0.25, 0.3) is 0 Å². The van der Waals surface area contributed by atoms with Crippen molar-refractivity contribution < 1.29 is 36.3 Å². The summed E-state index contributed by atoms with van der Waals surface area (Å²) in [6.07, 6.45) is -4.97. The first-order valence-corrected chi connectivity index (χ1v) is 6.37. The smallest absolute Gasteiger partial charge is 0.463 e. The lowest BCUT2D eigenvalue weighted by atomic mass is 10.1. The van der Waals surface area contributed by atoms with E-state index < -0.39 is 36.9 Å². The molecule has 1 N–H and O–H groups in total. The summed E-state index contributed by atoms with van der Waals surface area (Å²) in [4.78, 5) is 21.8. The largest absolute Gasteiger partial charge is 0.466 e. The molecule has 0 aromatic rings. The van der Waals surface area contributed by atoms with E-state index in [4.69, 9.17) is 4.74 Å². The van der Waals surface area contributed by atoms with Gasteiger partial charge < -0.3 is 10.1 Å². The summed E-state index contributed by atoms with van der Waals surface area (Å²) in [5, 5.41) is 1.36. The Morgan fingerprint density at radius 1 is 1.14 bits per heavy atom. The number of hydrogen-bond donors (Lipinski definition) is 1. The van der Waals surface area contributed by atoms with Crippen molar-refractivity contribution in [2.45, 2.75) is 45.2 Å². The fraction of sp³-hybridized carbons (Fsp3) is 0.833. The highest BCUT2D eigenvalue weighted by atomic mass is 19.4. The number of ether oxygens (including phenoxy) is 1. The maximum Gasteiger partial charge on any atom is 0.463 e. The minimum atomic E-state index is -5.96. The van der Waals surface area contributed by atoms with Gasteiger partial charge >= 0.3 is 18.1 Å². The molecule has 0 bridgehead atoms. The van der Waals surface area contributed by atoms with Gasteiger partial charge in [0.1, 0.15) is 0 Å². The van der Waals surface area contributed by atoms with Crippen molar-refractivity contribution in [1.29, 1.82) is 0 Å². The van der Waals surface area contributed by atoms with Crippen LogP contribution < -0.4 is 5.32 Å². The Hall–Kier alpha value is -1.41. The quantitative estimate of drug-likeness (QED) is 0.425. The van der Waals surface area contributed by atoms with Gasteiger partial charge in [0, 0.05) is 6.54 Å². The molecule has 0 saturated heterocycles. The van der Waals surface area contributed by atoms with Gasteiger partial charge in [0.2, 0.25) is 0 Å². The van der Waals surface area contributed by atoms with E-state index >= 15 is 0 Å². The molecule has 1 amide bonds. The molecule has 0 aliphatic rings. The average Bonchev–Trinajstić information content (AvgIpc) is 2.32. The van der Waals surface area contributed by atoms with Crippen LogP contribution in [-0.4, -0.2) is 37.1 Å². The van der Waals surface area contributed by atoms with Gasteiger partial charge in [-0.2, -0.15) is 22.0 Å². The Morgan fingerprint density at radius 3 is 2.19 bits per heavy atom. The fourth-order valence-electron chi connectivity index (χ4n) is 1.27. The molecule has 21 heavy (non-hydrogen) atoms. The normalized spacial score (nSPS) is 12.4. The van der Waals surface area contributed by atoms with Crippen LogP contribution >= 0.6 is 0 Å². The monoisotopic (exact) mass is 319 g/mol. The standard InChI is InChI=1S/C12H18F5NO3/c1-8(2)4-3-7-21-9(19)5-6-18-10(20)11(13,14)12(15,16)17/h8H,3-7H2,1-2H3,(H,18,20). The van der Waals surface area contributed by atoms with Gasteiger partial charge in [-0.05, 0) is 18.8 Å². The van der Waals surface area contributed by atoms with Gasteiger partial charge in [0.25, 0.3) is 5.91 Å². The molecule has 0 heterocycles. The van der Waals surface area contributed by atoms with E-state index in [1.54, 1.807) is 0 Å². The van der Waals surface area contributed by atoms with Crippen LogP contribution in [0.3, 0.4) is 0 Å². The van der Waals surface area contributed by atoms with Crippen LogP contribution in [-0.2, 0) is 14.3 Å². The van der Waals surface area contributed by atoms with Crippen molar-refractivity contribution in [2.24, 2.45) is 5.92 Å². The van der Waals surface area contributed by atoms with Gasteiger partial charge in [0.05, 0.1) is 13.0 Å². The molecule has 0 fully saturated rings. The molecule has 0 spiro atoms. The highest BCUT2D eigenvalue weighted by molar-refractivity contribution is 5.84. The summed E-state index contributed by atoms with van der Waals surface area (Å²) >= 11 is 0. The zero-order chi connectivity index (χ0) is 16.7. The van der Waals surface area contributed by atoms with Crippen LogP contribution in [0.15, 0.2) is 0 Å². The molecule has 0 atom stereocenters. The number of rotatable bonds is 8. The lowest BCUT2D eigenvalue weighted by Gasteiger charge is -2.18. The summed E-state index contributed by atoms with van der Waals surface area (Å²) in [5.74, 6) is -8.29. The Balaban J connectivity index is 3.94. The second-order valence-corrected chi connectivity index (χ2v) is 4.83. The number of carbonyl (C=O) groups excluding carboxylic acids is 2. The molecule has 0 rings (SSSR count). The highest BCUT2D eigenvalue weighted by Gasteiger charge is 2.63. The fourth-order valence-corrected chi connectivity index (χ4v) is 1.27. The van der Waals surface area contributed by atoms with Crippen LogP contribution in [0.5, 0.6) is 0 Å². The predicted molar refractivity (Wildman–Crippen MR) is 63.7 cm³/mol. The number of hydrogen-bond acceptors (Lipinski definition) is 3. The van der Waals surface area contributed by atoms with Crippen molar-refractivity contribution in [3.63, 3.8) is 0 Å². The maximum atomic E-state index is 12.5. The predicted octanol–water partition coefficient (Wildman–Crippen LogP) is 2.67. The van der Waals surface area contributed by atoms with E-state index in [1.165, 1.54) is 5.32 Å². The minimum absolute atomic E-state index is 0.143. The maximum absolute atomic E-state index is 12.5. The molecule has 0 aliphatic carbocycles. The molecule has 0 saturated carbocycles. The number of alkyl halides is 5. The first kappa shape index (κ1) is 19.6. The molecular formula is C12H18F5NO3.